The number of fused-ring (bicyclic) bond motifs is 1. The SMILES string of the molecule is CCn1c(=O)c(C(=O)Nc2nnc(C)s2)cc2cccnc21. The Kier molecular flexibility index (Phi) is 3.68. The van der Waals surface area contributed by atoms with Crippen LogP contribution >= 0.6 is 11.3 Å². The lowest BCUT2D eigenvalue weighted by Gasteiger charge is -2.09. The monoisotopic (exact) mass is 315 g/mol. The summed E-state index contributed by atoms with van der Waals surface area (Å²) < 4.78 is 1.48. The quantitative estimate of drug-likeness (QED) is 0.796. The fraction of sp³-hybridized carbons (Fsp3) is 0.214. The number of anilines is 1. The van der Waals surface area contributed by atoms with Crippen molar-refractivity contribution in [3.63, 3.8) is 0 Å². The fourth-order valence-electron chi connectivity index (χ4n) is 2.17. The van der Waals surface area contributed by atoms with Gasteiger partial charge in [-0.05, 0) is 32.0 Å². The molecule has 3 heterocycles. The van der Waals surface area contributed by atoms with E-state index in [4.69, 9.17) is 0 Å². The van der Waals surface area contributed by atoms with Gasteiger partial charge in [0.05, 0.1) is 0 Å². The molecule has 0 aliphatic carbocycles. The highest BCUT2D eigenvalue weighted by Gasteiger charge is 2.17. The zero-order valence-corrected chi connectivity index (χ0v) is 12.8. The largest absolute Gasteiger partial charge is 0.296 e. The van der Waals surface area contributed by atoms with E-state index < -0.39 is 5.91 Å². The maximum atomic E-state index is 12.5. The molecule has 1 N–H and O–H groups in total. The molecule has 22 heavy (non-hydrogen) atoms. The molecule has 0 saturated heterocycles. The number of amides is 1. The maximum Gasteiger partial charge on any atom is 0.265 e. The van der Waals surface area contributed by atoms with E-state index in [0.717, 1.165) is 10.4 Å². The molecule has 0 saturated carbocycles. The number of carbonyl (C=O) groups is 1. The molecule has 0 unspecified atom stereocenters. The average molecular weight is 315 g/mol. The molecule has 0 aliphatic heterocycles. The van der Waals surface area contributed by atoms with Gasteiger partial charge in [-0.2, -0.15) is 0 Å². The number of aromatic nitrogens is 4. The standard InChI is InChI=1S/C14H13N5O2S/c1-3-19-11-9(5-4-6-15-11)7-10(13(19)21)12(20)16-14-18-17-8(2)22-14/h4-7H,3H2,1-2H3,(H,16,18,20). The van der Waals surface area contributed by atoms with Crippen LogP contribution in [0, 0.1) is 6.92 Å². The third kappa shape index (κ3) is 2.48. The van der Waals surface area contributed by atoms with Crippen LogP contribution in [-0.2, 0) is 6.54 Å². The lowest BCUT2D eigenvalue weighted by atomic mass is 10.2. The minimum Gasteiger partial charge on any atom is -0.296 e. The van der Waals surface area contributed by atoms with Crippen molar-refractivity contribution in [1.82, 2.24) is 19.7 Å². The van der Waals surface area contributed by atoms with Gasteiger partial charge in [0.2, 0.25) is 5.13 Å². The molecule has 8 heteroatoms. The number of aryl methyl sites for hydroxylation is 2. The predicted molar refractivity (Wildman–Crippen MR) is 84.3 cm³/mol. The van der Waals surface area contributed by atoms with E-state index in [1.807, 2.05) is 13.0 Å². The van der Waals surface area contributed by atoms with Gasteiger partial charge in [-0.15, -0.1) is 10.2 Å². The van der Waals surface area contributed by atoms with Crippen LogP contribution in [0.1, 0.15) is 22.3 Å². The van der Waals surface area contributed by atoms with Gasteiger partial charge in [0.1, 0.15) is 16.2 Å². The zero-order valence-electron chi connectivity index (χ0n) is 12.0. The first-order valence-electron chi connectivity index (χ1n) is 6.70. The van der Waals surface area contributed by atoms with Crippen LogP contribution in [0.2, 0.25) is 0 Å². The van der Waals surface area contributed by atoms with Crippen LogP contribution < -0.4 is 10.9 Å². The van der Waals surface area contributed by atoms with Crippen molar-refractivity contribution in [3.8, 4) is 0 Å². The topological polar surface area (TPSA) is 89.8 Å². The normalized spacial score (nSPS) is 10.8. The number of nitrogens with zero attached hydrogens (tertiary/aromatic N) is 4. The second-order valence-corrected chi connectivity index (χ2v) is 5.79. The van der Waals surface area contributed by atoms with Gasteiger partial charge in [0.15, 0.2) is 0 Å². The van der Waals surface area contributed by atoms with Gasteiger partial charge in [0, 0.05) is 18.1 Å². The van der Waals surface area contributed by atoms with Crippen LogP contribution in [0.15, 0.2) is 29.2 Å². The second-order valence-electron chi connectivity index (χ2n) is 4.60. The molecular weight excluding hydrogens is 302 g/mol. The first kappa shape index (κ1) is 14.3. The molecule has 7 nitrogen and oxygen atoms in total. The summed E-state index contributed by atoms with van der Waals surface area (Å²) in [5, 5.41) is 12.1. The van der Waals surface area contributed by atoms with E-state index in [9.17, 15) is 9.59 Å². The number of pyridine rings is 2. The molecule has 0 aromatic carbocycles. The van der Waals surface area contributed by atoms with Gasteiger partial charge in [-0.1, -0.05) is 11.3 Å². The summed E-state index contributed by atoms with van der Waals surface area (Å²) in [4.78, 5) is 29.0. The first-order chi connectivity index (χ1) is 10.6. The zero-order chi connectivity index (χ0) is 15.7. The van der Waals surface area contributed by atoms with E-state index in [2.05, 4.69) is 20.5 Å². The molecule has 0 bridgehead atoms. The highest BCUT2D eigenvalue weighted by atomic mass is 32.1. The van der Waals surface area contributed by atoms with E-state index in [1.54, 1.807) is 25.3 Å². The third-order valence-electron chi connectivity index (χ3n) is 3.16. The molecule has 112 valence electrons. The number of hydrogen-bond acceptors (Lipinski definition) is 6. The molecule has 3 aromatic rings. The Hall–Kier alpha value is -2.61. The number of rotatable bonds is 3. The fourth-order valence-corrected chi connectivity index (χ4v) is 2.76. The highest BCUT2D eigenvalue weighted by molar-refractivity contribution is 7.15. The van der Waals surface area contributed by atoms with Crippen molar-refractivity contribution in [3.05, 3.63) is 45.3 Å². The van der Waals surface area contributed by atoms with Gasteiger partial charge < -0.3 is 0 Å². The van der Waals surface area contributed by atoms with Crippen LogP contribution in [0.25, 0.3) is 11.0 Å². The van der Waals surface area contributed by atoms with Gasteiger partial charge >= 0.3 is 0 Å². The van der Waals surface area contributed by atoms with Crippen molar-refractivity contribution in [2.75, 3.05) is 5.32 Å². The van der Waals surface area contributed by atoms with Crippen LogP contribution in [0.5, 0.6) is 0 Å². The molecular formula is C14H13N5O2S. The Labute approximate surface area is 129 Å². The van der Waals surface area contributed by atoms with Crippen LogP contribution in [-0.4, -0.2) is 25.7 Å². The second kappa shape index (κ2) is 5.64. The Morgan fingerprint density at radius 3 is 2.91 bits per heavy atom. The van der Waals surface area contributed by atoms with E-state index in [-0.39, 0.29) is 11.1 Å². The summed E-state index contributed by atoms with van der Waals surface area (Å²) in [6.45, 7) is 4.07. The molecule has 0 aliphatic rings. The number of hydrogen-bond donors (Lipinski definition) is 1. The lowest BCUT2D eigenvalue weighted by Crippen LogP contribution is -2.29. The Balaban J connectivity index is 2.08. The molecule has 1 amide bonds. The molecule has 3 aromatic heterocycles. The minimum absolute atomic E-state index is 0.0650. The summed E-state index contributed by atoms with van der Waals surface area (Å²) in [5.41, 5.74) is 0.265. The van der Waals surface area contributed by atoms with Crippen molar-refractivity contribution < 1.29 is 4.79 Å². The third-order valence-corrected chi connectivity index (χ3v) is 3.91. The van der Waals surface area contributed by atoms with Crippen LogP contribution in [0.4, 0.5) is 5.13 Å². The number of carbonyl (C=O) groups excluding carboxylic acids is 1. The van der Waals surface area contributed by atoms with Gasteiger partial charge in [-0.3, -0.25) is 19.5 Å². The van der Waals surface area contributed by atoms with E-state index in [0.29, 0.717) is 17.3 Å². The Morgan fingerprint density at radius 1 is 1.41 bits per heavy atom. The first-order valence-corrected chi connectivity index (χ1v) is 7.52. The van der Waals surface area contributed by atoms with E-state index in [1.165, 1.54) is 15.9 Å². The summed E-state index contributed by atoms with van der Waals surface area (Å²) in [7, 11) is 0. The lowest BCUT2D eigenvalue weighted by molar-refractivity contribution is 0.102. The van der Waals surface area contributed by atoms with Crippen molar-refractivity contribution in [1.29, 1.82) is 0 Å². The minimum atomic E-state index is -0.492. The summed E-state index contributed by atoms with van der Waals surface area (Å²) in [6.07, 6.45) is 1.62. The molecule has 0 fully saturated rings. The summed E-state index contributed by atoms with van der Waals surface area (Å²) in [6, 6.07) is 5.14. The van der Waals surface area contributed by atoms with E-state index >= 15 is 0 Å². The van der Waals surface area contributed by atoms with Crippen molar-refractivity contribution in [2.45, 2.75) is 20.4 Å². The highest BCUT2D eigenvalue weighted by Crippen LogP contribution is 2.16. The van der Waals surface area contributed by atoms with Gasteiger partial charge in [-0.25, -0.2) is 4.98 Å². The Bertz CT molecular complexity index is 915. The van der Waals surface area contributed by atoms with Crippen LogP contribution in [0.3, 0.4) is 0 Å². The maximum absolute atomic E-state index is 12.5. The molecule has 0 atom stereocenters. The molecule has 0 spiro atoms. The predicted octanol–water partition coefficient (Wildman–Crippen LogP) is 1.83. The van der Waals surface area contributed by atoms with Crippen molar-refractivity contribution >= 4 is 33.4 Å². The average Bonchev–Trinajstić information content (AvgIpc) is 2.91. The van der Waals surface area contributed by atoms with Gasteiger partial charge in [0.25, 0.3) is 11.5 Å². The van der Waals surface area contributed by atoms with Crippen molar-refractivity contribution in [2.24, 2.45) is 0 Å². The Morgan fingerprint density at radius 2 is 2.23 bits per heavy atom. The summed E-state index contributed by atoms with van der Waals surface area (Å²) >= 11 is 1.25. The molecule has 3 rings (SSSR count). The summed E-state index contributed by atoms with van der Waals surface area (Å²) in [5.74, 6) is -0.492. The molecule has 0 radical (unpaired) electrons. The smallest absolute Gasteiger partial charge is 0.265 e. The number of nitrogens with one attached hydrogen (secondary N) is 1.